The Morgan fingerprint density at radius 1 is 1.15 bits per heavy atom. The van der Waals surface area contributed by atoms with E-state index >= 15 is 0 Å². The zero-order chi connectivity index (χ0) is 23.3. The van der Waals surface area contributed by atoms with Crippen LogP contribution in [0, 0.1) is 5.41 Å². The molecular weight excluding hydrogens is 434 g/mol. The molecule has 174 valence electrons. The van der Waals surface area contributed by atoms with Crippen molar-refractivity contribution in [2.75, 3.05) is 13.1 Å². The molecule has 2 aliphatic heterocycles. The Hall–Kier alpha value is -3.82. The van der Waals surface area contributed by atoms with E-state index in [1.807, 2.05) is 11.0 Å². The van der Waals surface area contributed by atoms with Crippen LogP contribution >= 0.6 is 0 Å². The number of carbonyl (C=O) groups excluding carboxylic acids is 3. The zero-order valence-electron chi connectivity index (χ0n) is 18.6. The first-order valence-electron chi connectivity index (χ1n) is 11.7. The Balaban J connectivity index is 1.14. The summed E-state index contributed by atoms with van der Waals surface area (Å²) in [5, 5.41) is 16.5. The maximum Gasteiger partial charge on any atom is 0.254 e. The first kappa shape index (κ1) is 20.8. The van der Waals surface area contributed by atoms with Gasteiger partial charge in [-0.25, -0.2) is 4.98 Å². The lowest BCUT2D eigenvalue weighted by Gasteiger charge is -2.43. The van der Waals surface area contributed by atoms with Crippen molar-refractivity contribution >= 4 is 28.9 Å². The van der Waals surface area contributed by atoms with Crippen LogP contribution < -0.4 is 10.6 Å². The molecule has 3 aliphatic rings. The summed E-state index contributed by atoms with van der Waals surface area (Å²) in [6, 6.07) is 7.11. The Morgan fingerprint density at radius 3 is 2.85 bits per heavy atom. The number of fused-ring (bicyclic) bond motifs is 2. The minimum atomic E-state index is -0.154. The topological polar surface area (TPSA) is 133 Å². The van der Waals surface area contributed by atoms with Gasteiger partial charge in [0.15, 0.2) is 0 Å². The zero-order valence-corrected chi connectivity index (χ0v) is 18.6. The summed E-state index contributed by atoms with van der Waals surface area (Å²) < 4.78 is 0. The maximum absolute atomic E-state index is 13.3. The van der Waals surface area contributed by atoms with Crippen molar-refractivity contribution in [1.82, 2.24) is 35.9 Å². The summed E-state index contributed by atoms with van der Waals surface area (Å²) in [6.07, 6.45) is 6.24. The number of rotatable bonds is 3. The van der Waals surface area contributed by atoms with E-state index in [1.165, 1.54) is 6.20 Å². The molecule has 2 fully saturated rings. The highest BCUT2D eigenvalue weighted by molar-refractivity contribution is 6.04. The van der Waals surface area contributed by atoms with Crippen molar-refractivity contribution in [3.05, 3.63) is 52.7 Å². The van der Waals surface area contributed by atoms with Gasteiger partial charge in [-0.1, -0.05) is 12.5 Å². The number of piperidine rings is 1. The van der Waals surface area contributed by atoms with Gasteiger partial charge in [-0.05, 0) is 54.9 Å². The fourth-order valence-electron chi connectivity index (χ4n) is 5.85. The Kier molecular flexibility index (Phi) is 4.82. The fourth-order valence-corrected chi connectivity index (χ4v) is 5.85. The fraction of sp³-hybridized carbons (Fsp3) is 0.417. The highest BCUT2D eigenvalue weighted by Crippen LogP contribution is 2.46. The largest absolute Gasteiger partial charge is 0.349 e. The van der Waals surface area contributed by atoms with Gasteiger partial charge in [0, 0.05) is 43.0 Å². The molecule has 34 heavy (non-hydrogen) atoms. The van der Waals surface area contributed by atoms with Crippen molar-refractivity contribution in [1.29, 1.82) is 0 Å². The van der Waals surface area contributed by atoms with Gasteiger partial charge in [-0.2, -0.15) is 10.3 Å². The number of nitrogens with one attached hydrogen (secondary N) is 3. The summed E-state index contributed by atoms with van der Waals surface area (Å²) >= 11 is 0. The van der Waals surface area contributed by atoms with E-state index in [-0.39, 0.29) is 29.2 Å². The van der Waals surface area contributed by atoms with Crippen molar-refractivity contribution < 1.29 is 14.4 Å². The Labute approximate surface area is 195 Å². The number of hydrogen-bond acceptors (Lipinski definition) is 6. The number of H-pyrrole nitrogens is 1. The van der Waals surface area contributed by atoms with Gasteiger partial charge in [-0.3, -0.25) is 14.4 Å². The molecule has 2 aromatic heterocycles. The molecule has 3 N–H and O–H groups in total. The molecule has 1 unspecified atom stereocenters. The van der Waals surface area contributed by atoms with Crippen LogP contribution in [0.5, 0.6) is 0 Å². The minimum Gasteiger partial charge on any atom is -0.349 e. The summed E-state index contributed by atoms with van der Waals surface area (Å²) in [5.74, 6) is -0.294. The molecule has 1 aliphatic carbocycles. The molecule has 3 aromatic rings. The van der Waals surface area contributed by atoms with Gasteiger partial charge in [0.25, 0.3) is 17.7 Å². The number of carbonyl (C=O) groups is 3. The van der Waals surface area contributed by atoms with Gasteiger partial charge < -0.3 is 15.5 Å². The molecule has 1 saturated heterocycles. The van der Waals surface area contributed by atoms with E-state index in [0.29, 0.717) is 47.5 Å². The van der Waals surface area contributed by atoms with Gasteiger partial charge in [0.05, 0.1) is 5.56 Å². The maximum atomic E-state index is 13.3. The standard InChI is InChI=1S/C24H25N7O3/c32-21(14-11-18-20(25-12-14)29-30-28-18)27-19-5-2-6-24(19)7-9-31(10-8-24)23(34)16-4-1-3-15-17(16)13-26-22(15)33/h1,3-4,11-12,19H,2,5-10,13H2,(H,26,33)(H,27,32)(H,25,28,29,30). The molecule has 10 nitrogen and oxygen atoms in total. The molecule has 1 atom stereocenters. The SMILES string of the molecule is O=C(NC1CCCC12CCN(C(=O)c1cccc3c1CNC3=O)CC2)c1cnc2n[nH]nc2c1. The van der Waals surface area contributed by atoms with Crippen LogP contribution in [-0.2, 0) is 6.54 Å². The second-order valence-electron chi connectivity index (χ2n) is 9.48. The van der Waals surface area contributed by atoms with Gasteiger partial charge >= 0.3 is 0 Å². The van der Waals surface area contributed by atoms with Crippen LogP contribution in [0.25, 0.3) is 11.2 Å². The van der Waals surface area contributed by atoms with Gasteiger partial charge in [0.1, 0.15) is 5.52 Å². The quantitative estimate of drug-likeness (QED) is 0.547. The van der Waals surface area contributed by atoms with E-state index < -0.39 is 0 Å². The van der Waals surface area contributed by atoms with Crippen LogP contribution in [-0.4, -0.2) is 62.1 Å². The lowest BCUT2D eigenvalue weighted by molar-refractivity contribution is 0.0507. The number of amides is 3. The first-order valence-corrected chi connectivity index (χ1v) is 11.7. The molecule has 6 rings (SSSR count). The summed E-state index contributed by atoms with van der Waals surface area (Å²) in [6.45, 7) is 1.68. The molecule has 4 heterocycles. The monoisotopic (exact) mass is 459 g/mol. The molecular formula is C24H25N7O3. The predicted octanol–water partition coefficient (Wildman–Crippen LogP) is 1.80. The lowest BCUT2D eigenvalue weighted by Crippen LogP contribution is -2.51. The average molecular weight is 460 g/mol. The number of benzene rings is 1. The van der Waals surface area contributed by atoms with Gasteiger partial charge in [-0.15, -0.1) is 5.10 Å². The molecule has 10 heteroatoms. The van der Waals surface area contributed by atoms with Crippen molar-refractivity contribution in [3.8, 4) is 0 Å². The highest BCUT2D eigenvalue weighted by Gasteiger charge is 2.46. The van der Waals surface area contributed by atoms with Gasteiger partial charge in [0.2, 0.25) is 5.65 Å². The van der Waals surface area contributed by atoms with E-state index in [1.54, 1.807) is 18.2 Å². The van der Waals surface area contributed by atoms with E-state index in [9.17, 15) is 14.4 Å². The van der Waals surface area contributed by atoms with Crippen molar-refractivity contribution in [2.24, 2.45) is 5.41 Å². The average Bonchev–Trinajstić information content (AvgIpc) is 3.58. The number of nitrogens with zero attached hydrogens (tertiary/aromatic N) is 4. The third kappa shape index (κ3) is 3.32. The van der Waals surface area contributed by atoms with Crippen LogP contribution in [0.4, 0.5) is 0 Å². The van der Waals surface area contributed by atoms with Crippen LogP contribution in [0.1, 0.15) is 68.7 Å². The Bertz CT molecular complexity index is 1310. The summed E-state index contributed by atoms with van der Waals surface area (Å²) in [5.41, 5.74) is 3.50. The molecule has 1 aromatic carbocycles. The third-order valence-electron chi connectivity index (χ3n) is 7.77. The number of hydrogen-bond donors (Lipinski definition) is 3. The number of aromatic amines is 1. The van der Waals surface area contributed by atoms with Crippen LogP contribution in [0.3, 0.4) is 0 Å². The van der Waals surface area contributed by atoms with E-state index in [4.69, 9.17) is 0 Å². The molecule has 3 amide bonds. The van der Waals surface area contributed by atoms with Crippen molar-refractivity contribution in [3.63, 3.8) is 0 Å². The molecule has 0 radical (unpaired) electrons. The molecule has 1 saturated carbocycles. The second kappa shape index (κ2) is 7.89. The molecule has 1 spiro atoms. The highest BCUT2D eigenvalue weighted by atomic mass is 16.2. The third-order valence-corrected chi connectivity index (χ3v) is 7.77. The summed E-state index contributed by atoms with van der Waals surface area (Å²) in [7, 11) is 0. The molecule has 0 bridgehead atoms. The number of likely N-dealkylation sites (tertiary alicyclic amines) is 1. The smallest absolute Gasteiger partial charge is 0.254 e. The second-order valence-corrected chi connectivity index (χ2v) is 9.48. The number of pyridine rings is 1. The predicted molar refractivity (Wildman–Crippen MR) is 122 cm³/mol. The lowest BCUT2D eigenvalue weighted by atomic mass is 9.74. The van der Waals surface area contributed by atoms with Crippen molar-refractivity contribution in [2.45, 2.75) is 44.7 Å². The van der Waals surface area contributed by atoms with Crippen LogP contribution in [0.15, 0.2) is 30.5 Å². The Morgan fingerprint density at radius 2 is 2.00 bits per heavy atom. The number of aromatic nitrogens is 4. The first-order chi connectivity index (χ1) is 16.5. The summed E-state index contributed by atoms with van der Waals surface area (Å²) in [4.78, 5) is 44.3. The van der Waals surface area contributed by atoms with Crippen LogP contribution in [0.2, 0.25) is 0 Å². The minimum absolute atomic E-state index is 0.00594. The van der Waals surface area contributed by atoms with E-state index in [0.717, 1.165) is 37.7 Å². The normalized spacial score (nSPS) is 21.0. The van der Waals surface area contributed by atoms with E-state index in [2.05, 4.69) is 31.0 Å².